The average Bonchev–Trinajstić information content (AvgIpc) is 3.38. The van der Waals surface area contributed by atoms with Gasteiger partial charge in [0, 0.05) is 20.1 Å². The van der Waals surface area contributed by atoms with E-state index in [1.54, 1.807) is 43.8 Å². The number of carbonyl (C=O) groups is 1. The van der Waals surface area contributed by atoms with E-state index in [9.17, 15) is 14.4 Å². The SMILES string of the molecule is CCOC(=O)[C@H]1CCC(Nc2nc3c(c(=O)n(Cc4ccc(Cl)c(Cl)c4)c(=O)n3C)n2C)C1. The molecule has 1 aromatic carbocycles. The maximum atomic E-state index is 13.3. The predicted octanol–water partition coefficient (Wildman–Crippen LogP) is 2.93. The highest BCUT2D eigenvalue weighted by Crippen LogP contribution is 2.29. The van der Waals surface area contributed by atoms with Gasteiger partial charge in [-0.3, -0.25) is 18.7 Å². The molecule has 1 aliphatic rings. The van der Waals surface area contributed by atoms with E-state index in [1.807, 2.05) is 0 Å². The van der Waals surface area contributed by atoms with E-state index >= 15 is 0 Å². The van der Waals surface area contributed by atoms with Crippen LogP contribution in [0.2, 0.25) is 10.0 Å². The molecule has 0 saturated heterocycles. The second kappa shape index (κ2) is 9.23. The second-order valence-corrected chi connectivity index (χ2v) is 9.07. The first kappa shape index (κ1) is 23.4. The molecule has 1 saturated carbocycles. The van der Waals surface area contributed by atoms with Crippen molar-refractivity contribution in [3.8, 4) is 0 Å². The van der Waals surface area contributed by atoms with Gasteiger partial charge in [-0.15, -0.1) is 0 Å². The van der Waals surface area contributed by atoms with Crippen LogP contribution in [0.25, 0.3) is 11.2 Å². The number of ether oxygens (including phenoxy) is 1. The van der Waals surface area contributed by atoms with Crippen LogP contribution in [0, 0.1) is 5.92 Å². The molecule has 33 heavy (non-hydrogen) atoms. The van der Waals surface area contributed by atoms with E-state index < -0.39 is 11.2 Å². The first-order chi connectivity index (χ1) is 15.7. The van der Waals surface area contributed by atoms with Gasteiger partial charge in [-0.2, -0.15) is 4.98 Å². The highest BCUT2D eigenvalue weighted by Gasteiger charge is 2.32. The van der Waals surface area contributed by atoms with Crippen LogP contribution in [0.1, 0.15) is 31.7 Å². The molecule has 1 fully saturated rings. The van der Waals surface area contributed by atoms with Crippen LogP contribution in [0.15, 0.2) is 27.8 Å². The van der Waals surface area contributed by atoms with Gasteiger partial charge in [-0.25, -0.2) is 4.79 Å². The molecule has 0 spiro atoms. The van der Waals surface area contributed by atoms with Gasteiger partial charge in [-0.05, 0) is 43.9 Å². The Labute approximate surface area is 199 Å². The predicted molar refractivity (Wildman–Crippen MR) is 127 cm³/mol. The number of aromatic nitrogens is 4. The van der Waals surface area contributed by atoms with Gasteiger partial charge >= 0.3 is 11.7 Å². The first-order valence-electron chi connectivity index (χ1n) is 10.7. The third-order valence-electron chi connectivity index (χ3n) is 6.07. The largest absolute Gasteiger partial charge is 0.466 e. The van der Waals surface area contributed by atoms with Crippen molar-refractivity contribution in [2.75, 3.05) is 11.9 Å². The van der Waals surface area contributed by atoms with Crippen molar-refractivity contribution in [1.29, 1.82) is 0 Å². The van der Waals surface area contributed by atoms with Crippen molar-refractivity contribution < 1.29 is 9.53 Å². The number of nitrogens with one attached hydrogen (secondary N) is 1. The highest BCUT2D eigenvalue weighted by molar-refractivity contribution is 6.42. The average molecular weight is 494 g/mol. The number of anilines is 1. The molecule has 1 aliphatic carbocycles. The van der Waals surface area contributed by atoms with Crippen molar-refractivity contribution in [3.05, 3.63) is 54.6 Å². The van der Waals surface area contributed by atoms with Gasteiger partial charge in [0.2, 0.25) is 5.95 Å². The summed E-state index contributed by atoms with van der Waals surface area (Å²) in [6, 6.07) is 5.01. The zero-order chi connectivity index (χ0) is 23.9. The summed E-state index contributed by atoms with van der Waals surface area (Å²) in [6.07, 6.45) is 2.14. The number of benzene rings is 1. The molecule has 0 radical (unpaired) electrons. The number of carbonyl (C=O) groups excluding carboxylic acids is 1. The monoisotopic (exact) mass is 493 g/mol. The van der Waals surface area contributed by atoms with Gasteiger partial charge in [0.25, 0.3) is 5.56 Å². The second-order valence-electron chi connectivity index (χ2n) is 8.25. The Balaban J connectivity index is 1.66. The molecule has 11 heteroatoms. The van der Waals surface area contributed by atoms with E-state index in [4.69, 9.17) is 27.9 Å². The minimum atomic E-state index is -0.480. The van der Waals surface area contributed by atoms with Crippen LogP contribution < -0.4 is 16.6 Å². The number of hydrogen-bond donors (Lipinski definition) is 1. The topological polar surface area (TPSA) is 100 Å². The van der Waals surface area contributed by atoms with Crippen LogP contribution in [-0.2, 0) is 30.2 Å². The molecule has 9 nitrogen and oxygen atoms in total. The molecule has 4 rings (SSSR count). The number of halogens is 2. The molecule has 0 bridgehead atoms. The zero-order valence-electron chi connectivity index (χ0n) is 18.6. The van der Waals surface area contributed by atoms with E-state index in [0.29, 0.717) is 45.7 Å². The van der Waals surface area contributed by atoms with Crippen LogP contribution >= 0.6 is 23.2 Å². The van der Waals surface area contributed by atoms with Gasteiger partial charge in [0.1, 0.15) is 0 Å². The Kier molecular flexibility index (Phi) is 6.54. The van der Waals surface area contributed by atoms with Crippen molar-refractivity contribution in [3.63, 3.8) is 0 Å². The number of nitrogens with zero attached hydrogens (tertiary/aromatic N) is 4. The Morgan fingerprint density at radius 1 is 1.18 bits per heavy atom. The molecular formula is C22H25Cl2N5O4. The Morgan fingerprint density at radius 3 is 2.64 bits per heavy atom. The summed E-state index contributed by atoms with van der Waals surface area (Å²) in [6.45, 7) is 2.21. The molecule has 2 heterocycles. The minimum absolute atomic E-state index is 0.0189. The summed E-state index contributed by atoms with van der Waals surface area (Å²) in [5.41, 5.74) is 0.351. The van der Waals surface area contributed by atoms with Crippen LogP contribution in [0.3, 0.4) is 0 Å². The zero-order valence-corrected chi connectivity index (χ0v) is 20.1. The number of hydrogen-bond acceptors (Lipinski definition) is 6. The number of rotatable bonds is 6. The highest BCUT2D eigenvalue weighted by atomic mass is 35.5. The van der Waals surface area contributed by atoms with Crippen LogP contribution in [-0.4, -0.2) is 37.3 Å². The van der Waals surface area contributed by atoms with Crippen molar-refractivity contribution >= 4 is 46.3 Å². The Morgan fingerprint density at radius 2 is 1.94 bits per heavy atom. The number of fused-ring (bicyclic) bond motifs is 1. The minimum Gasteiger partial charge on any atom is -0.466 e. The lowest BCUT2D eigenvalue weighted by atomic mass is 10.1. The number of imidazole rings is 1. The summed E-state index contributed by atoms with van der Waals surface area (Å²) in [5.74, 6) is 0.142. The molecule has 2 aromatic heterocycles. The van der Waals surface area contributed by atoms with Crippen LogP contribution in [0.4, 0.5) is 5.95 Å². The number of aryl methyl sites for hydroxylation is 2. The third kappa shape index (κ3) is 4.39. The molecule has 2 atom stereocenters. The molecule has 1 unspecified atom stereocenters. The summed E-state index contributed by atoms with van der Waals surface area (Å²) in [4.78, 5) is 42.8. The van der Waals surface area contributed by atoms with Gasteiger partial charge in [0.15, 0.2) is 11.2 Å². The molecule has 0 amide bonds. The van der Waals surface area contributed by atoms with Gasteiger partial charge < -0.3 is 14.6 Å². The summed E-state index contributed by atoms with van der Waals surface area (Å²) in [7, 11) is 3.31. The molecular weight excluding hydrogens is 469 g/mol. The van der Waals surface area contributed by atoms with Gasteiger partial charge in [-0.1, -0.05) is 29.3 Å². The molecule has 3 aromatic rings. The Hall–Kier alpha value is -2.78. The lowest BCUT2D eigenvalue weighted by Gasteiger charge is -2.13. The Bertz CT molecular complexity index is 1340. The summed E-state index contributed by atoms with van der Waals surface area (Å²) < 4.78 is 9.29. The first-order valence-corrected chi connectivity index (χ1v) is 11.5. The molecule has 0 aliphatic heterocycles. The maximum Gasteiger partial charge on any atom is 0.332 e. The van der Waals surface area contributed by atoms with E-state index in [2.05, 4.69) is 10.3 Å². The fourth-order valence-electron chi connectivity index (χ4n) is 4.30. The fraction of sp³-hybridized carbons (Fsp3) is 0.455. The standard InChI is InChI=1S/C22H25Cl2N5O4/c1-4-33-20(31)13-6-7-14(10-13)25-21-26-18-17(27(21)2)19(30)29(22(32)28(18)3)11-12-5-8-15(23)16(24)9-12/h5,8-9,13-14H,4,6-7,10-11H2,1-3H3,(H,25,26)/t13-,14?/m0/s1. The lowest BCUT2D eigenvalue weighted by molar-refractivity contribution is -0.147. The van der Waals surface area contributed by atoms with Crippen LogP contribution in [0.5, 0.6) is 0 Å². The van der Waals surface area contributed by atoms with E-state index in [1.165, 1.54) is 4.57 Å². The van der Waals surface area contributed by atoms with E-state index in [-0.39, 0.29) is 24.5 Å². The third-order valence-corrected chi connectivity index (χ3v) is 6.81. The van der Waals surface area contributed by atoms with Gasteiger partial charge in [0.05, 0.1) is 29.1 Å². The summed E-state index contributed by atoms with van der Waals surface area (Å²) in [5, 5.41) is 4.08. The fourth-order valence-corrected chi connectivity index (χ4v) is 4.62. The molecule has 1 N–H and O–H groups in total. The smallest absolute Gasteiger partial charge is 0.332 e. The van der Waals surface area contributed by atoms with Crippen molar-refractivity contribution in [2.45, 2.75) is 38.8 Å². The quantitative estimate of drug-likeness (QED) is 0.529. The van der Waals surface area contributed by atoms with Crippen molar-refractivity contribution in [2.24, 2.45) is 20.0 Å². The number of esters is 1. The summed E-state index contributed by atoms with van der Waals surface area (Å²) >= 11 is 12.1. The maximum absolute atomic E-state index is 13.3. The van der Waals surface area contributed by atoms with Crippen molar-refractivity contribution in [1.82, 2.24) is 18.7 Å². The normalized spacial score (nSPS) is 18.1. The van der Waals surface area contributed by atoms with E-state index in [0.717, 1.165) is 17.4 Å². The molecule has 176 valence electrons. The lowest BCUT2D eigenvalue weighted by Crippen LogP contribution is -2.39.